The first-order chi connectivity index (χ1) is 9.51. The quantitative estimate of drug-likeness (QED) is 0.909. The van der Waals surface area contributed by atoms with Crippen LogP contribution in [0, 0.1) is 5.41 Å². The van der Waals surface area contributed by atoms with Gasteiger partial charge in [0.15, 0.2) is 0 Å². The third-order valence-corrected chi connectivity index (χ3v) is 4.11. The van der Waals surface area contributed by atoms with Crippen LogP contribution in [0.4, 0.5) is 0 Å². The molecule has 2 rings (SSSR count). The first kappa shape index (κ1) is 14.6. The van der Waals surface area contributed by atoms with E-state index in [0.717, 1.165) is 31.4 Å². The van der Waals surface area contributed by atoms with Crippen molar-refractivity contribution in [2.24, 2.45) is 11.1 Å². The summed E-state index contributed by atoms with van der Waals surface area (Å²) >= 11 is 0. The molecule has 1 aromatic carbocycles. The molecule has 4 nitrogen and oxygen atoms in total. The van der Waals surface area contributed by atoms with Gasteiger partial charge in [0, 0.05) is 19.5 Å². The summed E-state index contributed by atoms with van der Waals surface area (Å²) in [6.45, 7) is 3.04. The highest BCUT2D eigenvalue weighted by Gasteiger charge is 2.37. The van der Waals surface area contributed by atoms with Crippen molar-refractivity contribution in [1.82, 2.24) is 4.90 Å². The number of carbonyl (C=O) groups is 2. The van der Waals surface area contributed by atoms with Gasteiger partial charge in [0.05, 0.1) is 5.41 Å². The summed E-state index contributed by atoms with van der Waals surface area (Å²) in [4.78, 5) is 25.6. The third kappa shape index (κ3) is 3.38. The van der Waals surface area contributed by atoms with Crippen molar-refractivity contribution in [1.29, 1.82) is 0 Å². The maximum absolute atomic E-state index is 12.3. The molecule has 1 aliphatic rings. The fourth-order valence-electron chi connectivity index (χ4n) is 2.71. The Bertz CT molecular complexity index is 487. The molecule has 1 atom stereocenters. The van der Waals surface area contributed by atoms with Crippen LogP contribution >= 0.6 is 0 Å². The van der Waals surface area contributed by atoms with Crippen LogP contribution in [-0.4, -0.2) is 29.8 Å². The predicted molar refractivity (Wildman–Crippen MR) is 77.9 cm³/mol. The van der Waals surface area contributed by atoms with E-state index in [1.807, 2.05) is 37.3 Å². The van der Waals surface area contributed by atoms with Crippen LogP contribution in [0.15, 0.2) is 30.3 Å². The SMILES string of the molecule is CC1(C(N)=O)CCCN(C(=O)CCc2ccccc2)C1. The number of nitrogens with two attached hydrogens (primary N) is 1. The molecule has 0 bridgehead atoms. The monoisotopic (exact) mass is 274 g/mol. The normalized spacial score (nSPS) is 22.6. The zero-order chi connectivity index (χ0) is 14.6. The van der Waals surface area contributed by atoms with Crippen molar-refractivity contribution in [2.75, 3.05) is 13.1 Å². The summed E-state index contributed by atoms with van der Waals surface area (Å²) in [5.74, 6) is -0.195. The van der Waals surface area contributed by atoms with Crippen LogP contribution in [0.1, 0.15) is 31.7 Å². The summed E-state index contributed by atoms with van der Waals surface area (Å²) < 4.78 is 0. The van der Waals surface area contributed by atoms with E-state index in [1.54, 1.807) is 4.90 Å². The van der Waals surface area contributed by atoms with E-state index in [-0.39, 0.29) is 11.8 Å². The van der Waals surface area contributed by atoms with Gasteiger partial charge in [0.2, 0.25) is 11.8 Å². The topological polar surface area (TPSA) is 63.4 Å². The van der Waals surface area contributed by atoms with E-state index in [4.69, 9.17) is 5.73 Å². The smallest absolute Gasteiger partial charge is 0.225 e. The fraction of sp³-hybridized carbons (Fsp3) is 0.500. The number of nitrogens with zero attached hydrogens (tertiary/aromatic N) is 1. The molecule has 0 aromatic heterocycles. The maximum Gasteiger partial charge on any atom is 0.225 e. The second-order valence-electron chi connectivity index (χ2n) is 5.83. The molecule has 1 aromatic rings. The van der Waals surface area contributed by atoms with Gasteiger partial charge in [-0.25, -0.2) is 0 Å². The molecule has 20 heavy (non-hydrogen) atoms. The van der Waals surface area contributed by atoms with Crippen LogP contribution in [0.5, 0.6) is 0 Å². The first-order valence-corrected chi connectivity index (χ1v) is 7.13. The van der Waals surface area contributed by atoms with Crippen LogP contribution in [-0.2, 0) is 16.0 Å². The Labute approximate surface area is 119 Å². The average Bonchev–Trinajstić information content (AvgIpc) is 2.46. The molecule has 0 saturated carbocycles. The molecule has 4 heteroatoms. The zero-order valence-electron chi connectivity index (χ0n) is 12.0. The molecule has 2 N–H and O–H groups in total. The van der Waals surface area contributed by atoms with Crippen LogP contribution in [0.3, 0.4) is 0 Å². The highest BCUT2D eigenvalue weighted by molar-refractivity contribution is 5.83. The Kier molecular flexibility index (Phi) is 4.42. The van der Waals surface area contributed by atoms with Crippen molar-refractivity contribution in [3.63, 3.8) is 0 Å². The van der Waals surface area contributed by atoms with Gasteiger partial charge in [-0.3, -0.25) is 9.59 Å². The number of aryl methyl sites for hydroxylation is 1. The van der Waals surface area contributed by atoms with Crippen molar-refractivity contribution in [3.8, 4) is 0 Å². The van der Waals surface area contributed by atoms with E-state index in [9.17, 15) is 9.59 Å². The Morgan fingerprint density at radius 3 is 2.65 bits per heavy atom. The van der Waals surface area contributed by atoms with E-state index in [0.29, 0.717) is 13.0 Å². The lowest BCUT2D eigenvalue weighted by Gasteiger charge is -2.38. The number of rotatable bonds is 4. The fourth-order valence-corrected chi connectivity index (χ4v) is 2.71. The highest BCUT2D eigenvalue weighted by atomic mass is 16.2. The van der Waals surface area contributed by atoms with E-state index >= 15 is 0 Å². The molecule has 1 heterocycles. The first-order valence-electron chi connectivity index (χ1n) is 7.13. The summed E-state index contributed by atoms with van der Waals surface area (Å²) in [6, 6.07) is 9.97. The Balaban J connectivity index is 1.91. The molecule has 1 aliphatic heterocycles. The molecule has 1 unspecified atom stereocenters. The lowest BCUT2D eigenvalue weighted by atomic mass is 9.81. The minimum Gasteiger partial charge on any atom is -0.369 e. The van der Waals surface area contributed by atoms with Gasteiger partial charge in [-0.05, 0) is 31.7 Å². The molecule has 2 amide bonds. The van der Waals surface area contributed by atoms with Gasteiger partial charge in [0.25, 0.3) is 0 Å². The molecule has 1 fully saturated rings. The lowest BCUT2D eigenvalue weighted by molar-refractivity contribution is -0.139. The summed E-state index contributed by atoms with van der Waals surface area (Å²) in [7, 11) is 0. The van der Waals surface area contributed by atoms with Gasteiger partial charge in [-0.1, -0.05) is 30.3 Å². The molecule has 0 radical (unpaired) electrons. The predicted octanol–water partition coefficient (Wildman–Crippen LogP) is 1.73. The van der Waals surface area contributed by atoms with Crippen LogP contribution in [0.25, 0.3) is 0 Å². The van der Waals surface area contributed by atoms with Crippen LogP contribution < -0.4 is 5.73 Å². The number of piperidine rings is 1. The Morgan fingerprint density at radius 1 is 1.30 bits per heavy atom. The highest BCUT2D eigenvalue weighted by Crippen LogP contribution is 2.29. The average molecular weight is 274 g/mol. The van der Waals surface area contributed by atoms with Gasteiger partial charge in [-0.15, -0.1) is 0 Å². The third-order valence-electron chi connectivity index (χ3n) is 4.11. The van der Waals surface area contributed by atoms with E-state index < -0.39 is 5.41 Å². The second kappa shape index (κ2) is 6.07. The lowest BCUT2D eigenvalue weighted by Crippen LogP contribution is -2.50. The Morgan fingerprint density at radius 2 is 2.00 bits per heavy atom. The van der Waals surface area contributed by atoms with Gasteiger partial charge in [-0.2, -0.15) is 0 Å². The van der Waals surface area contributed by atoms with Crippen molar-refractivity contribution >= 4 is 11.8 Å². The number of hydrogen-bond donors (Lipinski definition) is 1. The molecule has 1 saturated heterocycles. The van der Waals surface area contributed by atoms with Gasteiger partial charge >= 0.3 is 0 Å². The Hall–Kier alpha value is -1.84. The number of primary amides is 1. The maximum atomic E-state index is 12.3. The van der Waals surface area contributed by atoms with Crippen molar-refractivity contribution < 1.29 is 9.59 Å². The molecular formula is C16H22N2O2. The van der Waals surface area contributed by atoms with Gasteiger partial charge in [0.1, 0.15) is 0 Å². The second-order valence-corrected chi connectivity index (χ2v) is 5.83. The summed E-state index contributed by atoms with van der Waals surface area (Å²) in [6.07, 6.45) is 2.84. The molecular weight excluding hydrogens is 252 g/mol. The van der Waals surface area contributed by atoms with Crippen LogP contribution in [0.2, 0.25) is 0 Å². The van der Waals surface area contributed by atoms with Crippen molar-refractivity contribution in [2.45, 2.75) is 32.6 Å². The summed E-state index contributed by atoms with van der Waals surface area (Å²) in [5, 5.41) is 0. The summed E-state index contributed by atoms with van der Waals surface area (Å²) in [5.41, 5.74) is 6.05. The number of amides is 2. The number of benzene rings is 1. The van der Waals surface area contributed by atoms with E-state index in [1.165, 1.54) is 0 Å². The molecule has 0 spiro atoms. The van der Waals surface area contributed by atoms with E-state index in [2.05, 4.69) is 0 Å². The van der Waals surface area contributed by atoms with Crippen molar-refractivity contribution in [3.05, 3.63) is 35.9 Å². The zero-order valence-corrected chi connectivity index (χ0v) is 12.0. The largest absolute Gasteiger partial charge is 0.369 e. The minimum absolute atomic E-state index is 0.112. The minimum atomic E-state index is -0.569. The molecule has 108 valence electrons. The number of hydrogen-bond acceptors (Lipinski definition) is 2. The standard InChI is InChI=1S/C16H22N2O2/c1-16(15(17)20)10-5-11-18(12-16)14(19)9-8-13-6-3-2-4-7-13/h2-4,6-7H,5,8-12H2,1H3,(H2,17,20). The molecule has 0 aliphatic carbocycles. The number of carbonyl (C=O) groups excluding carboxylic acids is 2. The van der Waals surface area contributed by atoms with Gasteiger partial charge < -0.3 is 10.6 Å². The number of likely N-dealkylation sites (tertiary alicyclic amines) is 1.